The zero-order valence-electron chi connectivity index (χ0n) is 8.98. The number of hydrogen-bond acceptors (Lipinski definition) is 2. The zero-order chi connectivity index (χ0) is 10.8. The van der Waals surface area contributed by atoms with Crippen LogP contribution in [0.4, 0.5) is 0 Å². The van der Waals surface area contributed by atoms with Crippen LogP contribution in [0.25, 0.3) is 0 Å². The van der Waals surface area contributed by atoms with Gasteiger partial charge < -0.3 is 10.2 Å². The molecule has 0 heterocycles. The normalized spacial score (nSPS) is 11.4. The molecule has 1 rings (SSSR count). The molecule has 0 aliphatic carbocycles. The molecule has 1 unspecified atom stereocenters. The van der Waals surface area contributed by atoms with Gasteiger partial charge in [-0.05, 0) is 25.3 Å². The van der Waals surface area contributed by atoms with E-state index < -0.39 is 0 Å². The Bertz CT molecular complexity index is 207. The quantitative estimate of drug-likeness (QED) is 0.776. The van der Waals surface area contributed by atoms with Crippen molar-refractivity contribution in [2.75, 3.05) is 6.61 Å². The van der Waals surface area contributed by atoms with Gasteiger partial charge in [0.25, 0.3) is 0 Å². The first kappa shape index (κ1) is 13.1. The minimum atomic E-state index is -0.116. The maximum Gasteiger partial charge on any atom is 0.0509 e. The van der Waals surface area contributed by atoms with Crippen LogP contribution in [-0.4, -0.2) is 22.9 Å². The van der Waals surface area contributed by atoms with Crippen molar-refractivity contribution in [3.8, 4) is 0 Å². The number of aliphatic hydroxyl groups excluding tert-OH is 2. The summed E-state index contributed by atoms with van der Waals surface area (Å²) in [5.41, 5.74) is 1.19. The Kier molecular flexibility index (Phi) is 8.19. The zero-order valence-corrected chi connectivity index (χ0v) is 8.98. The Hall–Kier alpha value is -0.860. The molecule has 0 saturated heterocycles. The molecular weight excluding hydrogens is 176 g/mol. The van der Waals surface area contributed by atoms with E-state index in [0.29, 0.717) is 0 Å². The van der Waals surface area contributed by atoms with Crippen molar-refractivity contribution in [2.45, 2.75) is 32.8 Å². The third-order valence-corrected chi connectivity index (χ3v) is 1.83. The van der Waals surface area contributed by atoms with Crippen molar-refractivity contribution in [1.29, 1.82) is 0 Å². The van der Waals surface area contributed by atoms with E-state index in [9.17, 15) is 0 Å². The minimum absolute atomic E-state index is 0.116. The first-order chi connectivity index (χ1) is 6.70. The van der Waals surface area contributed by atoms with Crippen LogP contribution in [-0.2, 0) is 6.42 Å². The minimum Gasteiger partial charge on any atom is -0.396 e. The highest BCUT2D eigenvalue weighted by Gasteiger charge is 1.85. The predicted molar refractivity (Wildman–Crippen MR) is 59.2 cm³/mol. The van der Waals surface area contributed by atoms with Crippen LogP contribution in [0.1, 0.15) is 25.8 Å². The number of rotatable bonds is 3. The lowest BCUT2D eigenvalue weighted by Crippen LogP contribution is -1.93. The standard InChI is InChI=1S/C8H10O.C4H10O/c9-7-6-8-4-2-1-3-5-8;1-3-4(2)5/h1-5,9H,6-7H2;4-5H,3H2,1-2H3. The lowest BCUT2D eigenvalue weighted by atomic mass is 10.2. The number of hydrogen-bond donors (Lipinski definition) is 2. The van der Waals surface area contributed by atoms with E-state index >= 15 is 0 Å². The molecule has 14 heavy (non-hydrogen) atoms. The molecule has 0 aliphatic heterocycles. The van der Waals surface area contributed by atoms with Gasteiger partial charge in [-0.2, -0.15) is 0 Å². The molecule has 2 N–H and O–H groups in total. The summed E-state index contributed by atoms with van der Waals surface area (Å²) in [5.74, 6) is 0. The lowest BCUT2D eigenvalue weighted by Gasteiger charge is -1.93. The molecule has 0 aliphatic rings. The van der Waals surface area contributed by atoms with Crippen LogP contribution >= 0.6 is 0 Å². The van der Waals surface area contributed by atoms with Gasteiger partial charge in [-0.25, -0.2) is 0 Å². The van der Waals surface area contributed by atoms with E-state index in [0.717, 1.165) is 12.8 Å². The Morgan fingerprint density at radius 1 is 1.21 bits per heavy atom. The molecule has 0 radical (unpaired) electrons. The SMILES string of the molecule is CCC(C)O.OCCc1ccccc1. The van der Waals surface area contributed by atoms with Gasteiger partial charge in [-0.1, -0.05) is 37.3 Å². The third kappa shape index (κ3) is 7.77. The Morgan fingerprint density at radius 3 is 2.07 bits per heavy atom. The van der Waals surface area contributed by atoms with Gasteiger partial charge in [0.2, 0.25) is 0 Å². The van der Waals surface area contributed by atoms with Crippen LogP contribution in [0.15, 0.2) is 30.3 Å². The van der Waals surface area contributed by atoms with Crippen LogP contribution in [0, 0.1) is 0 Å². The molecule has 1 aromatic rings. The van der Waals surface area contributed by atoms with Gasteiger partial charge >= 0.3 is 0 Å². The van der Waals surface area contributed by atoms with E-state index in [1.165, 1.54) is 5.56 Å². The molecule has 0 bridgehead atoms. The number of benzene rings is 1. The molecule has 0 fully saturated rings. The molecule has 0 aromatic heterocycles. The van der Waals surface area contributed by atoms with Crippen molar-refractivity contribution in [1.82, 2.24) is 0 Å². The van der Waals surface area contributed by atoms with Gasteiger partial charge in [0.05, 0.1) is 6.10 Å². The highest BCUT2D eigenvalue weighted by atomic mass is 16.3. The van der Waals surface area contributed by atoms with Crippen LogP contribution in [0.2, 0.25) is 0 Å². The fourth-order valence-corrected chi connectivity index (χ4v) is 0.774. The topological polar surface area (TPSA) is 40.5 Å². The Morgan fingerprint density at radius 2 is 1.71 bits per heavy atom. The van der Waals surface area contributed by atoms with E-state index in [-0.39, 0.29) is 12.7 Å². The second kappa shape index (κ2) is 8.73. The van der Waals surface area contributed by atoms with E-state index in [4.69, 9.17) is 10.2 Å². The summed E-state index contributed by atoms with van der Waals surface area (Å²) in [6.45, 7) is 3.97. The highest BCUT2D eigenvalue weighted by molar-refractivity contribution is 5.14. The third-order valence-electron chi connectivity index (χ3n) is 1.83. The Balaban J connectivity index is 0.000000292. The summed E-state index contributed by atoms with van der Waals surface area (Å²) < 4.78 is 0. The van der Waals surface area contributed by atoms with Gasteiger partial charge in [0.1, 0.15) is 0 Å². The maximum absolute atomic E-state index is 8.52. The fraction of sp³-hybridized carbons (Fsp3) is 0.500. The monoisotopic (exact) mass is 196 g/mol. The molecule has 1 aromatic carbocycles. The maximum atomic E-state index is 8.52. The summed E-state index contributed by atoms with van der Waals surface area (Å²) in [6, 6.07) is 9.95. The second-order valence-electron chi connectivity index (χ2n) is 3.22. The molecule has 2 nitrogen and oxygen atoms in total. The molecular formula is C12H20O2. The first-order valence-corrected chi connectivity index (χ1v) is 5.03. The van der Waals surface area contributed by atoms with Gasteiger partial charge in [-0.15, -0.1) is 0 Å². The average molecular weight is 196 g/mol. The molecule has 0 amide bonds. The van der Waals surface area contributed by atoms with Gasteiger partial charge in [-0.3, -0.25) is 0 Å². The van der Waals surface area contributed by atoms with Crippen LogP contribution < -0.4 is 0 Å². The van der Waals surface area contributed by atoms with Crippen molar-refractivity contribution < 1.29 is 10.2 Å². The summed E-state index contributed by atoms with van der Waals surface area (Å²) in [5, 5.41) is 16.9. The number of aliphatic hydroxyl groups is 2. The van der Waals surface area contributed by atoms with E-state index in [1.54, 1.807) is 6.92 Å². The van der Waals surface area contributed by atoms with Gasteiger partial charge in [0.15, 0.2) is 0 Å². The fourth-order valence-electron chi connectivity index (χ4n) is 0.774. The smallest absolute Gasteiger partial charge is 0.0509 e. The summed E-state index contributed by atoms with van der Waals surface area (Å²) in [4.78, 5) is 0. The summed E-state index contributed by atoms with van der Waals surface area (Å²) in [6.07, 6.45) is 1.51. The molecule has 0 saturated carbocycles. The molecule has 2 heteroatoms. The first-order valence-electron chi connectivity index (χ1n) is 5.03. The van der Waals surface area contributed by atoms with Gasteiger partial charge in [0, 0.05) is 6.61 Å². The van der Waals surface area contributed by atoms with Crippen molar-refractivity contribution in [3.63, 3.8) is 0 Å². The molecule has 80 valence electrons. The average Bonchev–Trinajstić information content (AvgIpc) is 2.21. The van der Waals surface area contributed by atoms with Crippen LogP contribution in [0.3, 0.4) is 0 Å². The van der Waals surface area contributed by atoms with Crippen molar-refractivity contribution in [3.05, 3.63) is 35.9 Å². The summed E-state index contributed by atoms with van der Waals surface area (Å²) in [7, 11) is 0. The van der Waals surface area contributed by atoms with Crippen molar-refractivity contribution in [2.24, 2.45) is 0 Å². The molecule has 0 spiro atoms. The largest absolute Gasteiger partial charge is 0.396 e. The second-order valence-corrected chi connectivity index (χ2v) is 3.22. The molecule has 1 atom stereocenters. The van der Waals surface area contributed by atoms with Crippen LogP contribution in [0.5, 0.6) is 0 Å². The van der Waals surface area contributed by atoms with Crippen molar-refractivity contribution >= 4 is 0 Å². The van der Waals surface area contributed by atoms with E-state index in [2.05, 4.69) is 0 Å². The predicted octanol–water partition coefficient (Wildman–Crippen LogP) is 2.00. The highest BCUT2D eigenvalue weighted by Crippen LogP contribution is 1.97. The Labute approximate surface area is 86.2 Å². The lowest BCUT2D eigenvalue weighted by molar-refractivity contribution is 0.191. The van der Waals surface area contributed by atoms with E-state index in [1.807, 2.05) is 37.3 Å². The summed E-state index contributed by atoms with van der Waals surface area (Å²) >= 11 is 0.